The smallest absolute Gasteiger partial charge is 0.0856 e. The van der Waals surface area contributed by atoms with E-state index in [0.717, 1.165) is 5.57 Å². The highest BCUT2D eigenvalue weighted by atomic mass is 16.3. The van der Waals surface area contributed by atoms with Crippen molar-refractivity contribution in [3.8, 4) is 0 Å². The van der Waals surface area contributed by atoms with Crippen LogP contribution >= 0.6 is 0 Å². The second kappa shape index (κ2) is 4.43. The fourth-order valence-electron chi connectivity index (χ4n) is 0.669. The molecule has 1 atom stereocenters. The zero-order chi connectivity index (χ0) is 9.78. The largest absolute Gasteiger partial charge is 0.390 e. The van der Waals surface area contributed by atoms with Gasteiger partial charge < -0.3 is 10.2 Å². The average molecular weight is 170 g/mol. The summed E-state index contributed by atoms with van der Waals surface area (Å²) < 4.78 is 0. The maximum absolute atomic E-state index is 9.40. The van der Waals surface area contributed by atoms with Crippen LogP contribution in [0.15, 0.2) is 24.3 Å². The van der Waals surface area contributed by atoms with Crippen LogP contribution < -0.4 is 0 Å². The molecule has 70 valence electrons. The molecule has 2 N–H and O–H groups in total. The van der Waals surface area contributed by atoms with Crippen LogP contribution in [0, 0.1) is 0 Å². The lowest BCUT2D eigenvalue weighted by Crippen LogP contribution is -2.35. The molecule has 0 amide bonds. The van der Waals surface area contributed by atoms with Gasteiger partial charge >= 0.3 is 0 Å². The van der Waals surface area contributed by atoms with E-state index in [0.29, 0.717) is 6.42 Å². The average Bonchev–Trinajstić information content (AvgIpc) is 1.97. The van der Waals surface area contributed by atoms with Crippen molar-refractivity contribution in [3.63, 3.8) is 0 Å². The third-order valence-electron chi connectivity index (χ3n) is 1.80. The topological polar surface area (TPSA) is 40.5 Å². The Morgan fingerprint density at radius 1 is 1.58 bits per heavy atom. The van der Waals surface area contributed by atoms with E-state index in [9.17, 15) is 10.2 Å². The van der Waals surface area contributed by atoms with E-state index >= 15 is 0 Å². The molecule has 0 saturated carbocycles. The maximum atomic E-state index is 9.40. The minimum absolute atomic E-state index is 0.460. The number of hydrogen-bond donors (Lipinski definition) is 2. The zero-order valence-electron chi connectivity index (χ0n) is 8.04. The normalized spacial score (nSPS) is 15.9. The SMILES string of the molecule is C=C/C(C)=C/CC(O)C(C)(C)O. The van der Waals surface area contributed by atoms with Crippen LogP contribution in [-0.4, -0.2) is 21.9 Å². The second-order valence-electron chi connectivity index (χ2n) is 3.56. The van der Waals surface area contributed by atoms with Gasteiger partial charge in [0.2, 0.25) is 0 Å². The van der Waals surface area contributed by atoms with Gasteiger partial charge in [-0.2, -0.15) is 0 Å². The standard InChI is InChI=1S/C10H18O2/c1-5-8(2)6-7-9(11)10(3,4)12/h5-6,9,11-12H,1,7H2,2-4H3/b8-6+. The Morgan fingerprint density at radius 3 is 2.42 bits per heavy atom. The summed E-state index contributed by atoms with van der Waals surface area (Å²) in [5, 5.41) is 18.8. The van der Waals surface area contributed by atoms with Crippen molar-refractivity contribution >= 4 is 0 Å². The molecular formula is C10H18O2. The monoisotopic (exact) mass is 170 g/mol. The van der Waals surface area contributed by atoms with Crippen molar-refractivity contribution < 1.29 is 10.2 Å². The highest BCUT2D eigenvalue weighted by Gasteiger charge is 2.22. The van der Waals surface area contributed by atoms with E-state index in [-0.39, 0.29) is 0 Å². The first-order valence-corrected chi connectivity index (χ1v) is 4.07. The highest BCUT2D eigenvalue weighted by Crippen LogP contribution is 2.13. The van der Waals surface area contributed by atoms with E-state index in [1.165, 1.54) is 0 Å². The number of rotatable bonds is 4. The molecule has 2 heteroatoms. The summed E-state index contributed by atoms with van der Waals surface area (Å²) in [5.41, 5.74) is -0.0175. The van der Waals surface area contributed by atoms with E-state index in [2.05, 4.69) is 6.58 Å². The minimum atomic E-state index is -1.03. The van der Waals surface area contributed by atoms with Gasteiger partial charge in [-0.05, 0) is 27.2 Å². The number of allylic oxidation sites excluding steroid dienone is 2. The van der Waals surface area contributed by atoms with Crippen molar-refractivity contribution in [2.75, 3.05) is 0 Å². The summed E-state index contributed by atoms with van der Waals surface area (Å²) in [4.78, 5) is 0. The fraction of sp³-hybridized carbons (Fsp3) is 0.600. The fourth-order valence-corrected chi connectivity index (χ4v) is 0.669. The Morgan fingerprint density at radius 2 is 2.08 bits per heavy atom. The third-order valence-corrected chi connectivity index (χ3v) is 1.80. The van der Waals surface area contributed by atoms with Gasteiger partial charge in [0.15, 0.2) is 0 Å². The Hall–Kier alpha value is -0.600. The summed E-state index contributed by atoms with van der Waals surface area (Å²) in [6.07, 6.45) is 3.32. The van der Waals surface area contributed by atoms with Crippen molar-refractivity contribution in [1.82, 2.24) is 0 Å². The predicted molar refractivity (Wildman–Crippen MR) is 50.9 cm³/mol. The summed E-state index contributed by atoms with van der Waals surface area (Å²) >= 11 is 0. The van der Waals surface area contributed by atoms with Crippen LogP contribution in [0.3, 0.4) is 0 Å². The first kappa shape index (κ1) is 11.4. The first-order chi connectivity index (χ1) is 5.38. The maximum Gasteiger partial charge on any atom is 0.0856 e. The highest BCUT2D eigenvalue weighted by molar-refractivity contribution is 5.13. The van der Waals surface area contributed by atoms with Crippen LogP contribution in [0.25, 0.3) is 0 Å². The molecule has 2 nitrogen and oxygen atoms in total. The van der Waals surface area contributed by atoms with Crippen LogP contribution in [-0.2, 0) is 0 Å². The van der Waals surface area contributed by atoms with Gasteiger partial charge in [0.25, 0.3) is 0 Å². The Balaban J connectivity index is 4.03. The van der Waals surface area contributed by atoms with Gasteiger partial charge in [0, 0.05) is 0 Å². The minimum Gasteiger partial charge on any atom is -0.390 e. The van der Waals surface area contributed by atoms with Crippen LogP contribution in [0.5, 0.6) is 0 Å². The second-order valence-corrected chi connectivity index (χ2v) is 3.56. The molecule has 0 saturated heterocycles. The molecule has 0 bridgehead atoms. The molecule has 0 fully saturated rings. The van der Waals surface area contributed by atoms with Gasteiger partial charge in [-0.15, -0.1) is 0 Å². The van der Waals surface area contributed by atoms with Crippen molar-refractivity contribution in [3.05, 3.63) is 24.3 Å². The van der Waals surface area contributed by atoms with Gasteiger partial charge in [0.1, 0.15) is 0 Å². The number of aliphatic hydroxyl groups is 2. The summed E-state index contributed by atoms with van der Waals surface area (Å²) in [7, 11) is 0. The molecular weight excluding hydrogens is 152 g/mol. The van der Waals surface area contributed by atoms with Crippen molar-refractivity contribution in [2.45, 2.75) is 38.9 Å². The Kier molecular flexibility index (Phi) is 4.21. The molecule has 0 aliphatic rings. The van der Waals surface area contributed by atoms with Crippen molar-refractivity contribution in [1.29, 1.82) is 0 Å². The van der Waals surface area contributed by atoms with Crippen LogP contribution in [0.1, 0.15) is 27.2 Å². The van der Waals surface area contributed by atoms with E-state index in [4.69, 9.17) is 0 Å². The third kappa shape index (κ3) is 4.31. The quantitative estimate of drug-likeness (QED) is 0.630. The summed E-state index contributed by atoms with van der Waals surface area (Å²) in [6.45, 7) is 8.68. The lowest BCUT2D eigenvalue weighted by molar-refractivity contribution is -0.0457. The van der Waals surface area contributed by atoms with Gasteiger partial charge in [0.05, 0.1) is 11.7 Å². The van der Waals surface area contributed by atoms with E-state index in [1.807, 2.05) is 13.0 Å². The molecule has 0 aliphatic carbocycles. The van der Waals surface area contributed by atoms with Crippen molar-refractivity contribution in [2.24, 2.45) is 0 Å². The Bertz CT molecular complexity index is 175. The van der Waals surface area contributed by atoms with E-state index < -0.39 is 11.7 Å². The lowest BCUT2D eigenvalue weighted by Gasteiger charge is -2.23. The molecule has 0 heterocycles. The molecule has 0 aromatic heterocycles. The Labute approximate surface area is 74.2 Å². The van der Waals surface area contributed by atoms with Gasteiger partial charge in [-0.25, -0.2) is 0 Å². The lowest BCUT2D eigenvalue weighted by atomic mass is 9.98. The number of hydrogen-bond acceptors (Lipinski definition) is 2. The van der Waals surface area contributed by atoms with Crippen LogP contribution in [0.2, 0.25) is 0 Å². The first-order valence-electron chi connectivity index (χ1n) is 4.07. The predicted octanol–water partition coefficient (Wildman–Crippen LogP) is 1.64. The van der Waals surface area contributed by atoms with E-state index in [1.54, 1.807) is 19.9 Å². The molecule has 0 aliphatic heterocycles. The molecule has 1 unspecified atom stereocenters. The number of aliphatic hydroxyl groups excluding tert-OH is 1. The van der Waals surface area contributed by atoms with Gasteiger partial charge in [-0.1, -0.05) is 24.3 Å². The molecule has 0 spiro atoms. The van der Waals surface area contributed by atoms with Crippen LogP contribution in [0.4, 0.5) is 0 Å². The summed E-state index contributed by atoms with van der Waals surface area (Å²) in [6, 6.07) is 0. The summed E-state index contributed by atoms with van der Waals surface area (Å²) in [5.74, 6) is 0. The molecule has 0 aromatic rings. The molecule has 12 heavy (non-hydrogen) atoms. The zero-order valence-corrected chi connectivity index (χ0v) is 8.04. The van der Waals surface area contributed by atoms with Gasteiger partial charge in [-0.3, -0.25) is 0 Å². The molecule has 0 aromatic carbocycles. The molecule has 0 rings (SSSR count). The molecule has 0 radical (unpaired) electrons.